The Hall–Kier alpha value is -1.39. The summed E-state index contributed by atoms with van der Waals surface area (Å²) in [5, 5.41) is 11.5. The fourth-order valence-corrected chi connectivity index (χ4v) is 12.5. The smallest absolute Gasteiger partial charge is 0.307 e. The summed E-state index contributed by atoms with van der Waals surface area (Å²) in [6.07, 6.45) is 12.2. The van der Waals surface area contributed by atoms with E-state index in [1.807, 2.05) is 0 Å². The number of hydrogen-bond acceptors (Lipinski definition) is 5. The van der Waals surface area contributed by atoms with Crippen molar-refractivity contribution >= 4 is 18.2 Å². The monoisotopic (exact) mass is 569 g/mol. The Morgan fingerprint density at radius 2 is 1.56 bits per heavy atom. The number of carboxylic acids is 1. The van der Waals surface area contributed by atoms with Gasteiger partial charge in [-0.1, -0.05) is 62.3 Å². The van der Waals surface area contributed by atoms with Gasteiger partial charge in [0, 0.05) is 22.2 Å². The summed E-state index contributed by atoms with van der Waals surface area (Å²) in [5.41, 5.74) is -0.870. The molecule has 5 rings (SSSR count). The minimum Gasteiger partial charge on any atom is -0.550 e. The van der Waals surface area contributed by atoms with Gasteiger partial charge in [0.05, 0.1) is 6.42 Å². The van der Waals surface area contributed by atoms with Crippen LogP contribution in [0.2, 0.25) is 0 Å². The molecule has 5 nitrogen and oxygen atoms in total. The Balaban J connectivity index is 1.41. The van der Waals surface area contributed by atoms with E-state index in [2.05, 4.69) is 48.5 Å². The number of aldehydes is 1. The first-order chi connectivity index (χ1) is 18.9. The molecule has 0 N–H and O–H groups in total. The number of esters is 1. The molecule has 5 aliphatic rings. The van der Waals surface area contributed by atoms with E-state index in [-0.39, 0.29) is 39.6 Å². The second-order valence-electron chi connectivity index (χ2n) is 17.7. The van der Waals surface area contributed by atoms with E-state index in [1.54, 1.807) is 0 Å². The normalized spacial score (nSPS) is 47.0. The van der Waals surface area contributed by atoms with Gasteiger partial charge in [0.25, 0.3) is 0 Å². The summed E-state index contributed by atoms with van der Waals surface area (Å²) in [7, 11) is 0. The van der Waals surface area contributed by atoms with Crippen molar-refractivity contribution in [3.05, 3.63) is 0 Å². The van der Waals surface area contributed by atoms with Crippen molar-refractivity contribution in [2.75, 3.05) is 0 Å². The molecular formula is C36H57O5-. The molecule has 0 amide bonds. The van der Waals surface area contributed by atoms with Crippen LogP contribution in [0.5, 0.6) is 0 Å². The third-order valence-corrected chi connectivity index (χ3v) is 15.0. The zero-order valence-corrected chi connectivity index (χ0v) is 27.4. The van der Waals surface area contributed by atoms with Gasteiger partial charge < -0.3 is 19.4 Å². The first kappa shape index (κ1) is 31.0. The first-order valence-corrected chi connectivity index (χ1v) is 16.8. The number of hydrogen-bond donors (Lipinski definition) is 0. The van der Waals surface area contributed by atoms with Gasteiger partial charge in [-0.15, -0.1) is 0 Å². The molecule has 0 aromatic heterocycles. The highest BCUT2D eigenvalue weighted by molar-refractivity contribution is 5.80. The largest absolute Gasteiger partial charge is 0.550 e. The van der Waals surface area contributed by atoms with E-state index in [1.165, 1.54) is 52.2 Å². The third kappa shape index (κ3) is 4.31. The maximum Gasteiger partial charge on any atom is 0.307 e. The van der Waals surface area contributed by atoms with E-state index in [9.17, 15) is 19.5 Å². The lowest BCUT2D eigenvalue weighted by Crippen LogP contribution is -2.67. The van der Waals surface area contributed by atoms with Gasteiger partial charge >= 0.3 is 5.97 Å². The number of fused-ring (bicyclic) bond motifs is 7. The Kier molecular flexibility index (Phi) is 7.43. The fraction of sp³-hybridized carbons (Fsp3) is 0.917. The third-order valence-electron chi connectivity index (χ3n) is 15.0. The fourth-order valence-electron chi connectivity index (χ4n) is 12.5. The molecule has 232 valence electrons. The van der Waals surface area contributed by atoms with Crippen LogP contribution in [0.15, 0.2) is 0 Å². The molecule has 0 spiro atoms. The molecule has 0 radical (unpaired) electrons. The topological polar surface area (TPSA) is 83.5 Å². The van der Waals surface area contributed by atoms with Gasteiger partial charge in [0.1, 0.15) is 12.4 Å². The van der Waals surface area contributed by atoms with Crippen LogP contribution in [0, 0.1) is 68.0 Å². The zero-order chi connectivity index (χ0) is 30.4. The van der Waals surface area contributed by atoms with Gasteiger partial charge in [-0.25, -0.2) is 0 Å². The standard InChI is InChI=1S/C36H58O5/c1-22(2)23-12-17-36(21-37)19-18-34(8)24(29(23)36)10-11-26-33(7)15-14-27(41-28(38)20-31(3,4)30(39)40)32(5,6)25(33)13-16-35(26,34)9/h21-27,29H,10-20H2,1-9H3,(H,39,40)/p-1/t23-,24+,25-,26+,27?,29+,33-,34+,35+,36+/m0/s1. The van der Waals surface area contributed by atoms with Crippen LogP contribution in [0.4, 0.5) is 0 Å². The van der Waals surface area contributed by atoms with Crippen LogP contribution in [0.1, 0.15) is 133 Å². The van der Waals surface area contributed by atoms with Crippen LogP contribution in [0.25, 0.3) is 0 Å². The lowest BCUT2D eigenvalue weighted by molar-refractivity contribution is -0.318. The summed E-state index contributed by atoms with van der Waals surface area (Å²) >= 11 is 0. The molecule has 5 fully saturated rings. The van der Waals surface area contributed by atoms with Gasteiger partial charge in [-0.05, 0) is 116 Å². The Morgan fingerprint density at radius 1 is 0.878 bits per heavy atom. The van der Waals surface area contributed by atoms with E-state index in [0.717, 1.165) is 32.1 Å². The summed E-state index contributed by atoms with van der Waals surface area (Å²) in [6.45, 7) is 20.2. The Labute approximate surface area is 249 Å². The molecule has 41 heavy (non-hydrogen) atoms. The lowest BCUT2D eigenvalue weighted by Gasteiger charge is -2.72. The lowest BCUT2D eigenvalue weighted by atomic mass is 9.32. The number of carbonyl (C=O) groups excluding carboxylic acids is 3. The molecular weight excluding hydrogens is 512 g/mol. The Morgan fingerprint density at radius 3 is 2.17 bits per heavy atom. The van der Waals surface area contributed by atoms with Crippen molar-refractivity contribution in [2.45, 2.75) is 139 Å². The van der Waals surface area contributed by atoms with Crippen molar-refractivity contribution in [1.29, 1.82) is 0 Å². The maximum atomic E-state index is 12.9. The summed E-state index contributed by atoms with van der Waals surface area (Å²) in [4.78, 5) is 37.2. The molecule has 0 aromatic carbocycles. The van der Waals surface area contributed by atoms with E-state index in [4.69, 9.17) is 4.74 Å². The van der Waals surface area contributed by atoms with E-state index < -0.39 is 17.4 Å². The number of ether oxygens (including phenoxy) is 1. The molecule has 5 heteroatoms. The predicted octanol–water partition coefficient (Wildman–Crippen LogP) is 7.00. The summed E-state index contributed by atoms with van der Waals surface area (Å²) < 4.78 is 6.10. The van der Waals surface area contributed by atoms with Crippen molar-refractivity contribution in [2.24, 2.45) is 68.0 Å². The molecule has 0 aliphatic heterocycles. The van der Waals surface area contributed by atoms with Crippen LogP contribution in [-0.2, 0) is 19.1 Å². The molecule has 0 saturated heterocycles. The minimum atomic E-state index is -1.24. The van der Waals surface area contributed by atoms with Gasteiger partial charge in [0.2, 0.25) is 0 Å². The minimum absolute atomic E-state index is 0.0986. The van der Waals surface area contributed by atoms with Gasteiger partial charge in [0.15, 0.2) is 0 Å². The predicted molar refractivity (Wildman–Crippen MR) is 158 cm³/mol. The van der Waals surface area contributed by atoms with Crippen molar-refractivity contribution < 1.29 is 24.2 Å². The van der Waals surface area contributed by atoms with Gasteiger partial charge in [-0.2, -0.15) is 0 Å². The second kappa shape index (κ2) is 9.81. The second-order valence-corrected chi connectivity index (χ2v) is 17.7. The van der Waals surface area contributed by atoms with Crippen molar-refractivity contribution in [3.63, 3.8) is 0 Å². The highest BCUT2D eigenvalue weighted by Gasteiger charge is 2.71. The molecule has 0 bridgehead atoms. The molecule has 0 aromatic rings. The first-order valence-electron chi connectivity index (χ1n) is 16.8. The quantitative estimate of drug-likeness (QED) is 0.254. The van der Waals surface area contributed by atoms with E-state index >= 15 is 0 Å². The molecule has 5 aliphatic carbocycles. The number of carbonyl (C=O) groups is 3. The van der Waals surface area contributed by atoms with Crippen LogP contribution in [0.3, 0.4) is 0 Å². The average Bonchev–Trinajstić information content (AvgIpc) is 3.26. The molecule has 5 saturated carbocycles. The van der Waals surface area contributed by atoms with Gasteiger partial charge in [-0.3, -0.25) is 4.79 Å². The highest BCUT2D eigenvalue weighted by atomic mass is 16.5. The zero-order valence-electron chi connectivity index (χ0n) is 27.4. The maximum absolute atomic E-state index is 12.9. The summed E-state index contributed by atoms with van der Waals surface area (Å²) in [6, 6.07) is 0. The molecule has 0 heterocycles. The highest BCUT2D eigenvalue weighted by Crippen LogP contribution is 2.77. The molecule has 1 unspecified atom stereocenters. The number of carboxylic acid groups (broad SMARTS) is 1. The molecule has 10 atom stereocenters. The average molecular weight is 570 g/mol. The van der Waals surface area contributed by atoms with Crippen molar-refractivity contribution in [3.8, 4) is 0 Å². The SMILES string of the molecule is CC(C)[C@@H]1CC[C@]2(C=O)CC[C@]3(C)[C@H](CC[C@@H]4[C@@]5(C)CCC(OC(=O)CC(C)(C)C(=O)[O-])C(C)(C)[C@@H]5CC[C@]43C)[C@@H]12. The van der Waals surface area contributed by atoms with E-state index in [0.29, 0.717) is 35.5 Å². The van der Waals surface area contributed by atoms with Crippen LogP contribution >= 0.6 is 0 Å². The van der Waals surface area contributed by atoms with Crippen LogP contribution < -0.4 is 5.11 Å². The number of rotatable bonds is 6. The van der Waals surface area contributed by atoms with Crippen LogP contribution in [-0.4, -0.2) is 24.3 Å². The summed E-state index contributed by atoms with van der Waals surface area (Å²) in [5.74, 6) is 1.85. The number of aliphatic carboxylic acids is 1. The Bertz CT molecular complexity index is 1080. The van der Waals surface area contributed by atoms with Crippen molar-refractivity contribution in [1.82, 2.24) is 0 Å².